The Morgan fingerprint density at radius 1 is 1.22 bits per heavy atom. The SMILES string of the molecule is O=C(Cc1c(Cl)cccc1Cl)C1CCCCCN1. The lowest BCUT2D eigenvalue weighted by Gasteiger charge is -2.15. The van der Waals surface area contributed by atoms with Crippen LogP contribution in [-0.2, 0) is 11.2 Å². The lowest BCUT2D eigenvalue weighted by molar-refractivity contribution is -0.120. The van der Waals surface area contributed by atoms with Crippen LogP contribution in [0.3, 0.4) is 0 Å². The van der Waals surface area contributed by atoms with Crippen molar-refractivity contribution >= 4 is 29.0 Å². The van der Waals surface area contributed by atoms with Gasteiger partial charge in [-0.25, -0.2) is 0 Å². The maximum Gasteiger partial charge on any atom is 0.154 e. The Kier molecular flexibility index (Phi) is 5.04. The highest BCUT2D eigenvalue weighted by Gasteiger charge is 2.21. The van der Waals surface area contributed by atoms with Gasteiger partial charge in [0.15, 0.2) is 5.78 Å². The van der Waals surface area contributed by atoms with Crippen LogP contribution in [0, 0.1) is 0 Å². The molecule has 0 radical (unpaired) electrons. The summed E-state index contributed by atoms with van der Waals surface area (Å²) in [6.07, 6.45) is 4.69. The highest BCUT2D eigenvalue weighted by atomic mass is 35.5. The van der Waals surface area contributed by atoms with Gasteiger partial charge in [-0.05, 0) is 37.1 Å². The van der Waals surface area contributed by atoms with Gasteiger partial charge in [0.05, 0.1) is 6.04 Å². The fourth-order valence-electron chi connectivity index (χ4n) is 2.30. The first kappa shape index (κ1) is 13.9. The second-order valence-corrected chi connectivity index (χ2v) is 5.51. The Morgan fingerprint density at radius 3 is 2.67 bits per heavy atom. The van der Waals surface area contributed by atoms with Crippen molar-refractivity contribution < 1.29 is 4.79 Å². The molecule has 1 aliphatic heterocycles. The van der Waals surface area contributed by atoms with Crippen molar-refractivity contribution in [3.63, 3.8) is 0 Å². The number of Topliss-reactive ketones (excluding diaryl/α,β-unsaturated/α-hetero) is 1. The standard InChI is InChI=1S/C14H17Cl2NO/c15-11-5-4-6-12(16)10(11)9-14(18)13-7-2-1-3-8-17-13/h4-6,13,17H,1-3,7-9H2. The van der Waals surface area contributed by atoms with E-state index in [9.17, 15) is 4.79 Å². The van der Waals surface area contributed by atoms with Crippen LogP contribution in [0.1, 0.15) is 31.2 Å². The summed E-state index contributed by atoms with van der Waals surface area (Å²) >= 11 is 12.2. The summed E-state index contributed by atoms with van der Waals surface area (Å²) in [7, 11) is 0. The number of nitrogens with one attached hydrogen (secondary N) is 1. The van der Waals surface area contributed by atoms with Crippen molar-refractivity contribution in [2.45, 2.75) is 38.1 Å². The van der Waals surface area contributed by atoms with Crippen molar-refractivity contribution in [2.24, 2.45) is 0 Å². The lowest BCUT2D eigenvalue weighted by atomic mass is 10.0. The minimum atomic E-state index is -0.0418. The van der Waals surface area contributed by atoms with Crippen LogP contribution in [0.2, 0.25) is 10.0 Å². The molecule has 1 N–H and O–H groups in total. The number of rotatable bonds is 3. The fourth-order valence-corrected chi connectivity index (χ4v) is 2.83. The molecule has 2 nitrogen and oxygen atoms in total. The summed E-state index contributed by atoms with van der Waals surface area (Å²) < 4.78 is 0. The molecule has 2 rings (SSSR count). The van der Waals surface area contributed by atoms with Gasteiger partial charge in [-0.15, -0.1) is 0 Å². The summed E-state index contributed by atoms with van der Waals surface area (Å²) in [6.45, 7) is 0.923. The zero-order chi connectivity index (χ0) is 13.0. The van der Waals surface area contributed by atoms with Crippen LogP contribution in [0.5, 0.6) is 0 Å². The quantitative estimate of drug-likeness (QED) is 0.919. The average Bonchev–Trinajstić information content (AvgIpc) is 2.62. The first-order chi connectivity index (χ1) is 8.68. The van der Waals surface area contributed by atoms with Crippen molar-refractivity contribution in [3.8, 4) is 0 Å². The Labute approximate surface area is 118 Å². The van der Waals surface area contributed by atoms with E-state index in [4.69, 9.17) is 23.2 Å². The van der Waals surface area contributed by atoms with E-state index in [2.05, 4.69) is 5.32 Å². The summed E-state index contributed by atoms with van der Waals surface area (Å²) in [4.78, 5) is 12.2. The van der Waals surface area contributed by atoms with Crippen molar-refractivity contribution in [1.82, 2.24) is 5.32 Å². The summed E-state index contributed by atoms with van der Waals surface area (Å²) in [5.74, 6) is 0.187. The van der Waals surface area contributed by atoms with Gasteiger partial charge >= 0.3 is 0 Å². The van der Waals surface area contributed by atoms with Crippen molar-refractivity contribution in [1.29, 1.82) is 0 Å². The predicted octanol–water partition coefficient (Wildman–Crippen LogP) is 3.64. The minimum absolute atomic E-state index is 0.0418. The Bertz CT molecular complexity index is 406. The van der Waals surface area contributed by atoms with Crippen LogP contribution in [0.25, 0.3) is 0 Å². The molecular formula is C14H17Cl2NO. The molecule has 4 heteroatoms. The van der Waals surface area contributed by atoms with E-state index < -0.39 is 0 Å². The number of ketones is 1. The molecule has 1 saturated heterocycles. The summed E-state index contributed by atoms with van der Waals surface area (Å²) in [6, 6.07) is 5.30. The fraction of sp³-hybridized carbons (Fsp3) is 0.500. The van der Waals surface area contributed by atoms with Gasteiger partial charge in [-0.2, -0.15) is 0 Å². The lowest BCUT2D eigenvalue weighted by Crippen LogP contribution is -2.37. The van der Waals surface area contributed by atoms with E-state index >= 15 is 0 Å². The average molecular weight is 286 g/mol. The molecule has 1 aliphatic rings. The number of hydrogen-bond acceptors (Lipinski definition) is 2. The first-order valence-electron chi connectivity index (χ1n) is 6.37. The predicted molar refractivity (Wildman–Crippen MR) is 75.4 cm³/mol. The highest BCUT2D eigenvalue weighted by Crippen LogP contribution is 2.25. The van der Waals surface area contributed by atoms with E-state index in [1.807, 2.05) is 0 Å². The van der Waals surface area contributed by atoms with Gasteiger partial charge in [0.1, 0.15) is 0 Å². The van der Waals surface area contributed by atoms with Gasteiger partial charge in [0.2, 0.25) is 0 Å². The van der Waals surface area contributed by atoms with Crippen LogP contribution in [-0.4, -0.2) is 18.4 Å². The van der Waals surface area contributed by atoms with Crippen LogP contribution < -0.4 is 5.32 Å². The van der Waals surface area contributed by atoms with Gasteiger partial charge in [0, 0.05) is 16.5 Å². The van der Waals surface area contributed by atoms with Crippen molar-refractivity contribution in [2.75, 3.05) is 6.54 Å². The topological polar surface area (TPSA) is 29.1 Å². The van der Waals surface area contributed by atoms with Gasteiger partial charge in [0.25, 0.3) is 0 Å². The second-order valence-electron chi connectivity index (χ2n) is 4.70. The maximum atomic E-state index is 12.2. The smallest absolute Gasteiger partial charge is 0.154 e. The molecule has 0 amide bonds. The second kappa shape index (κ2) is 6.55. The van der Waals surface area contributed by atoms with Gasteiger partial charge in [-0.3, -0.25) is 4.79 Å². The van der Waals surface area contributed by atoms with Gasteiger partial charge < -0.3 is 5.32 Å². The van der Waals surface area contributed by atoms with Crippen LogP contribution in [0.4, 0.5) is 0 Å². The van der Waals surface area contributed by atoms with E-state index in [-0.39, 0.29) is 11.8 Å². The third-order valence-corrected chi connectivity index (χ3v) is 4.07. The Balaban J connectivity index is 2.06. The largest absolute Gasteiger partial charge is 0.307 e. The molecule has 0 aliphatic carbocycles. The number of hydrogen-bond donors (Lipinski definition) is 1. The Morgan fingerprint density at radius 2 is 1.94 bits per heavy atom. The number of carbonyl (C=O) groups excluding carboxylic acids is 1. The van der Waals surface area contributed by atoms with Gasteiger partial charge in [-0.1, -0.05) is 42.1 Å². The molecule has 1 aromatic carbocycles. The van der Waals surface area contributed by atoms with E-state index in [0.717, 1.165) is 31.4 Å². The van der Waals surface area contributed by atoms with Crippen molar-refractivity contribution in [3.05, 3.63) is 33.8 Å². The van der Waals surface area contributed by atoms with Crippen LogP contribution >= 0.6 is 23.2 Å². The normalized spacial score (nSPS) is 20.4. The number of halogens is 2. The third-order valence-electron chi connectivity index (χ3n) is 3.36. The molecule has 1 aromatic rings. The zero-order valence-electron chi connectivity index (χ0n) is 10.2. The van der Waals surface area contributed by atoms with E-state index in [1.54, 1.807) is 18.2 Å². The molecule has 1 unspecified atom stereocenters. The monoisotopic (exact) mass is 285 g/mol. The van der Waals surface area contributed by atoms with Crippen LogP contribution in [0.15, 0.2) is 18.2 Å². The molecule has 0 aromatic heterocycles. The number of carbonyl (C=O) groups is 1. The summed E-state index contributed by atoms with van der Waals surface area (Å²) in [5, 5.41) is 4.45. The van der Waals surface area contributed by atoms with E-state index in [0.29, 0.717) is 16.5 Å². The highest BCUT2D eigenvalue weighted by molar-refractivity contribution is 6.36. The molecule has 0 saturated carbocycles. The molecule has 0 bridgehead atoms. The molecule has 0 spiro atoms. The first-order valence-corrected chi connectivity index (χ1v) is 7.13. The molecule has 1 atom stereocenters. The zero-order valence-corrected chi connectivity index (χ0v) is 11.7. The molecule has 18 heavy (non-hydrogen) atoms. The molecule has 98 valence electrons. The number of benzene rings is 1. The molecular weight excluding hydrogens is 269 g/mol. The third kappa shape index (κ3) is 3.47. The van der Waals surface area contributed by atoms with E-state index in [1.165, 1.54) is 6.42 Å². The summed E-state index contributed by atoms with van der Waals surface area (Å²) in [5.41, 5.74) is 0.747. The molecule has 1 heterocycles. The Hall–Kier alpha value is -0.570. The minimum Gasteiger partial charge on any atom is -0.307 e. The maximum absolute atomic E-state index is 12.2. The molecule has 1 fully saturated rings.